The molecule has 3 nitrogen and oxygen atoms in total. The molecule has 0 radical (unpaired) electrons. The Morgan fingerprint density at radius 3 is 2.55 bits per heavy atom. The molecule has 1 N–H and O–H groups in total. The highest BCUT2D eigenvalue weighted by Crippen LogP contribution is 2.30. The van der Waals surface area contributed by atoms with Gasteiger partial charge in [0.15, 0.2) is 0 Å². The molecule has 1 heterocycles. The van der Waals surface area contributed by atoms with Crippen molar-refractivity contribution in [2.75, 3.05) is 20.3 Å². The van der Waals surface area contributed by atoms with Crippen molar-refractivity contribution in [3.63, 3.8) is 0 Å². The first-order chi connectivity index (χ1) is 9.65. The van der Waals surface area contributed by atoms with Crippen molar-refractivity contribution in [2.45, 2.75) is 52.2 Å². The van der Waals surface area contributed by atoms with Crippen LogP contribution in [0, 0.1) is 13.8 Å². The van der Waals surface area contributed by atoms with Crippen molar-refractivity contribution in [1.29, 1.82) is 0 Å². The summed E-state index contributed by atoms with van der Waals surface area (Å²) in [6.07, 6.45) is 3.85. The van der Waals surface area contributed by atoms with Crippen LogP contribution in [0.25, 0.3) is 0 Å². The zero-order valence-electron chi connectivity index (χ0n) is 13.2. The summed E-state index contributed by atoms with van der Waals surface area (Å²) in [5.41, 5.74) is 3.76. The summed E-state index contributed by atoms with van der Waals surface area (Å²) in [5, 5.41) is 3.60. The molecule has 2 rings (SSSR count). The quantitative estimate of drug-likeness (QED) is 0.863. The van der Waals surface area contributed by atoms with E-state index < -0.39 is 0 Å². The van der Waals surface area contributed by atoms with E-state index in [2.05, 4.69) is 38.2 Å². The van der Waals surface area contributed by atoms with Gasteiger partial charge in [-0.25, -0.2) is 0 Å². The standard InChI is InChI=1S/C17H27NO2/c1-5-18-16(11-15-7-6-8-20-15)14-9-12(2)17(19-4)13(3)10-14/h9-10,15-16,18H,5-8,11H2,1-4H3. The highest BCUT2D eigenvalue weighted by atomic mass is 16.5. The van der Waals surface area contributed by atoms with Crippen molar-refractivity contribution < 1.29 is 9.47 Å². The van der Waals surface area contributed by atoms with Gasteiger partial charge in [-0.15, -0.1) is 0 Å². The third-order valence-corrected chi connectivity index (χ3v) is 4.06. The van der Waals surface area contributed by atoms with E-state index >= 15 is 0 Å². The van der Waals surface area contributed by atoms with Gasteiger partial charge in [0.05, 0.1) is 13.2 Å². The molecule has 0 saturated carbocycles. The van der Waals surface area contributed by atoms with E-state index in [9.17, 15) is 0 Å². The predicted octanol–water partition coefficient (Wildman–Crippen LogP) is 3.53. The van der Waals surface area contributed by atoms with Crippen LogP contribution in [0.4, 0.5) is 0 Å². The van der Waals surface area contributed by atoms with Gasteiger partial charge in [-0.1, -0.05) is 19.1 Å². The lowest BCUT2D eigenvalue weighted by atomic mass is 9.95. The topological polar surface area (TPSA) is 30.5 Å². The number of aryl methyl sites for hydroxylation is 2. The fraction of sp³-hybridized carbons (Fsp3) is 0.647. The van der Waals surface area contributed by atoms with Crippen LogP contribution in [-0.4, -0.2) is 26.4 Å². The maximum atomic E-state index is 5.79. The Kier molecular flexibility index (Phi) is 5.44. The molecule has 1 saturated heterocycles. The van der Waals surface area contributed by atoms with Crippen molar-refractivity contribution in [2.24, 2.45) is 0 Å². The number of ether oxygens (including phenoxy) is 2. The minimum absolute atomic E-state index is 0.367. The summed E-state index contributed by atoms with van der Waals surface area (Å²) < 4.78 is 11.3. The molecule has 1 fully saturated rings. The molecule has 1 aromatic carbocycles. The Labute approximate surface area is 122 Å². The normalized spacial score (nSPS) is 20.1. The number of benzene rings is 1. The monoisotopic (exact) mass is 277 g/mol. The molecule has 0 aliphatic carbocycles. The minimum Gasteiger partial charge on any atom is -0.496 e. The van der Waals surface area contributed by atoms with E-state index in [4.69, 9.17) is 9.47 Å². The molecule has 0 aromatic heterocycles. The van der Waals surface area contributed by atoms with E-state index in [0.29, 0.717) is 12.1 Å². The Hall–Kier alpha value is -1.06. The molecular weight excluding hydrogens is 250 g/mol. The van der Waals surface area contributed by atoms with E-state index in [1.165, 1.54) is 29.5 Å². The average molecular weight is 277 g/mol. The molecule has 20 heavy (non-hydrogen) atoms. The van der Waals surface area contributed by atoms with Gasteiger partial charge in [0.2, 0.25) is 0 Å². The highest BCUT2D eigenvalue weighted by molar-refractivity contribution is 5.44. The molecule has 112 valence electrons. The zero-order chi connectivity index (χ0) is 14.5. The minimum atomic E-state index is 0.367. The van der Waals surface area contributed by atoms with Crippen molar-refractivity contribution >= 4 is 0 Å². The lowest BCUT2D eigenvalue weighted by Crippen LogP contribution is -2.25. The van der Waals surface area contributed by atoms with Crippen LogP contribution < -0.4 is 10.1 Å². The van der Waals surface area contributed by atoms with Gasteiger partial charge in [0.1, 0.15) is 5.75 Å². The predicted molar refractivity (Wildman–Crippen MR) is 82.5 cm³/mol. The SMILES string of the molecule is CCNC(CC1CCCO1)c1cc(C)c(OC)c(C)c1. The van der Waals surface area contributed by atoms with Crippen LogP contribution in [0.2, 0.25) is 0 Å². The molecule has 3 heteroatoms. The molecule has 1 aliphatic rings. The third kappa shape index (κ3) is 3.53. The summed E-state index contributed by atoms with van der Waals surface area (Å²) in [7, 11) is 1.74. The second-order valence-electron chi connectivity index (χ2n) is 5.67. The van der Waals surface area contributed by atoms with Gasteiger partial charge >= 0.3 is 0 Å². The van der Waals surface area contributed by atoms with Crippen LogP contribution in [-0.2, 0) is 4.74 Å². The highest BCUT2D eigenvalue weighted by Gasteiger charge is 2.22. The fourth-order valence-electron chi connectivity index (χ4n) is 3.18. The van der Waals surface area contributed by atoms with Gasteiger partial charge in [0, 0.05) is 12.6 Å². The summed E-state index contributed by atoms with van der Waals surface area (Å²) >= 11 is 0. The van der Waals surface area contributed by atoms with Gasteiger partial charge in [-0.2, -0.15) is 0 Å². The summed E-state index contributed by atoms with van der Waals surface area (Å²) in [5.74, 6) is 1.00. The number of hydrogen-bond acceptors (Lipinski definition) is 3. The van der Waals surface area contributed by atoms with Crippen molar-refractivity contribution in [3.8, 4) is 5.75 Å². The second-order valence-corrected chi connectivity index (χ2v) is 5.67. The maximum absolute atomic E-state index is 5.79. The average Bonchev–Trinajstić information content (AvgIpc) is 2.91. The first-order valence-electron chi connectivity index (χ1n) is 7.65. The van der Waals surface area contributed by atoms with Crippen molar-refractivity contribution in [3.05, 3.63) is 28.8 Å². The lowest BCUT2D eigenvalue weighted by molar-refractivity contribution is 0.0947. The Balaban J connectivity index is 2.19. The van der Waals surface area contributed by atoms with Crippen LogP contribution in [0.15, 0.2) is 12.1 Å². The van der Waals surface area contributed by atoms with Crippen molar-refractivity contribution in [1.82, 2.24) is 5.32 Å². The largest absolute Gasteiger partial charge is 0.496 e. The number of hydrogen-bond donors (Lipinski definition) is 1. The Morgan fingerprint density at radius 2 is 2.05 bits per heavy atom. The van der Waals surface area contributed by atoms with E-state index in [1.807, 2.05) is 0 Å². The maximum Gasteiger partial charge on any atom is 0.124 e. The molecule has 1 aliphatic heterocycles. The zero-order valence-corrected chi connectivity index (χ0v) is 13.2. The first kappa shape index (κ1) is 15.3. The van der Waals surface area contributed by atoms with Crippen LogP contribution >= 0.6 is 0 Å². The van der Waals surface area contributed by atoms with Crippen LogP contribution in [0.1, 0.15) is 48.9 Å². The van der Waals surface area contributed by atoms with E-state index in [1.54, 1.807) is 7.11 Å². The first-order valence-corrected chi connectivity index (χ1v) is 7.65. The lowest BCUT2D eigenvalue weighted by Gasteiger charge is -2.23. The second kappa shape index (κ2) is 7.09. The molecule has 0 amide bonds. The number of methoxy groups -OCH3 is 1. The number of rotatable bonds is 6. The molecule has 0 bridgehead atoms. The summed E-state index contributed by atoms with van der Waals surface area (Å²) in [6.45, 7) is 8.28. The Bertz CT molecular complexity index is 416. The molecule has 2 atom stereocenters. The van der Waals surface area contributed by atoms with Crippen LogP contribution in [0.3, 0.4) is 0 Å². The van der Waals surface area contributed by atoms with Gasteiger partial charge in [0.25, 0.3) is 0 Å². The molecule has 2 unspecified atom stereocenters. The third-order valence-electron chi connectivity index (χ3n) is 4.06. The smallest absolute Gasteiger partial charge is 0.124 e. The summed E-state index contributed by atoms with van der Waals surface area (Å²) in [4.78, 5) is 0. The summed E-state index contributed by atoms with van der Waals surface area (Å²) in [6, 6.07) is 4.86. The molecule has 1 aromatic rings. The van der Waals surface area contributed by atoms with E-state index in [-0.39, 0.29) is 0 Å². The molecular formula is C17H27NO2. The Morgan fingerprint density at radius 1 is 1.35 bits per heavy atom. The fourth-order valence-corrected chi connectivity index (χ4v) is 3.18. The van der Waals surface area contributed by atoms with Crippen LogP contribution in [0.5, 0.6) is 5.75 Å². The van der Waals surface area contributed by atoms with E-state index in [0.717, 1.165) is 25.3 Å². The van der Waals surface area contributed by atoms with Gasteiger partial charge in [-0.05, 0) is 56.3 Å². The van der Waals surface area contributed by atoms with Gasteiger partial charge < -0.3 is 14.8 Å². The number of nitrogens with one attached hydrogen (secondary N) is 1. The molecule has 0 spiro atoms. The van der Waals surface area contributed by atoms with Gasteiger partial charge in [-0.3, -0.25) is 0 Å².